The Morgan fingerprint density at radius 2 is 1.93 bits per heavy atom. The second-order valence-corrected chi connectivity index (χ2v) is 3.11. The number of ketones is 1. The lowest BCUT2D eigenvalue weighted by atomic mass is 10.0. The molecule has 0 amide bonds. The van der Waals surface area contributed by atoms with Gasteiger partial charge in [-0.15, -0.1) is 0 Å². The van der Waals surface area contributed by atoms with Crippen molar-refractivity contribution in [2.24, 2.45) is 0 Å². The Balaban J connectivity index is 2.93. The maximum Gasteiger partial charge on any atom is 0.158 e. The van der Waals surface area contributed by atoms with Gasteiger partial charge in [-0.25, -0.2) is 0 Å². The van der Waals surface area contributed by atoms with E-state index < -0.39 is 0 Å². The molecule has 0 aliphatic carbocycles. The molecule has 0 saturated carbocycles. The molecule has 1 unspecified atom stereocenters. The number of carbonyl (C=O) groups is 1. The van der Waals surface area contributed by atoms with Crippen LogP contribution in [0, 0.1) is 0 Å². The molecule has 1 aromatic rings. The summed E-state index contributed by atoms with van der Waals surface area (Å²) in [6.07, 6.45) is -0.325. The van der Waals surface area contributed by atoms with Crippen molar-refractivity contribution in [3.8, 4) is 0 Å². The van der Waals surface area contributed by atoms with Gasteiger partial charge in [0.1, 0.15) is 6.10 Å². The summed E-state index contributed by atoms with van der Waals surface area (Å²) in [7, 11) is 1.58. The quantitative estimate of drug-likeness (QED) is 0.682. The van der Waals surface area contributed by atoms with Gasteiger partial charge in [-0.2, -0.15) is 0 Å². The van der Waals surface area contributed by atoms with Crippen LogP contribution < -0.4 is 0 Å². The molecule has 1 atom stereocenters. The smallest absolute Gasteiger partial charge is 0.158 e. The van der Waals surface area contributed by atoms with Crippen LogP contribution in [0.2, 0.25) is 0 Å². The molecule has 0 radical (unpaired) electrons. The van der Waals surface area contributed by atoms with Crippen molar-refractivity contribution in [2.75, 3.05) is 7.11 Å². The number of benzene rings is 1. The van der Waals surface area contributed by atoms with Crippen molar-refractivity contribution >= 4 is 5.78 Å². The third-order valence-corrected chi connectivity index (χ3v) is 2.11. The van der Waals surface area contributed by atoms with Crippen LogP contribution in [0.4, 0.5) is 0 Å². The van der Waals surface area contributed by atoms with Gasteiger partial charge in [-0.05, 0) is 12.5 Å². The number of ether oxygens (including phenoxy) is 1. The summed E-state index contributed by atoms with van der Waals surface area (Å²) in [5, 5.41) is 0. The third-order valence-electron chi connectivity index (χ3n) is 2.11. The first-order valence-corrected chi connectivity index (χ1v) is 4.44. The number of Topliss-reactive ketones (excluding diaryl/α,β-unsaturated/α-hetero) is 1. The minimum atomic E-state index is -0.325. The maximum absolute atomic E-state index is 11.1. The molecule has 74 valence electrons. The van der Waals surface area contributed by atoms with Crippen molar-refractivity contribution in [3.05, 3.63) is 48.0 Å². The molecule has 1 aromatic carbocycles. The van der Waals surface area contributed by atoms with E-state index in [9.17, 15) is 4.79 Å². The number of carbonyl (C=O) groups excluding carboxylic acids is 1. The van der Waals surface area contributed by atoms with Crippen LogP contribution in [-0.4, -0.2) is 12.9 Å². The lowest BCUT2D eigenvalue weighted by molar-refractivity contribution is -0.114. The lowest BCUT2D eigenvalue weighted by Gasteiger charge is -2.16. The molecule has 0 fully saturated rings. The second-order valence-electron chi connectivity index (χ2n) is 3.11. The summed E-state index contributed by atoms with van der Waals surface area (Å²) in [5.74, 6) is -0.0410. The summed E-state index contributed by atoms with van der Waals surface area (Å²) in [6.45, 7) is 5.22. The van der Waals surface area contributed by atoms with E-state index in [0.717, 1.165) is 5.56 Å². The van der Waals surface area contributed by atoms with Crippen LogP contribution in [0.1, 0.15) is 18.6 Å². The molecule has 2 heteroatoms. The van der Waals surface area contributed by atoms with Gasteiger partial charge >= 0.3 is 0 Å². The van der Waals surface area contributed by atoms with E-state index in [4.69, 9.17) is 4.74 Å². The van der Waals surface area contributed by atoms with Crippen LogP contribution in [0.15, 0.2) is 42.5 Å². The molecule has 2 nitrogen and oxygen atoms in total. The summed E-state index contributed by atoms with van der Waals surface area (Å²) >= 11 is 0. The SMILES string of the molecule is C=C(C(C)=O)C(OC)c1ccccc1. The van der Waals surface area contributed by atoms with Gasteiger partial charge < -0.3 is 4.74 Å². The fourth-order valence-electron chi connectivity index (χ4n) is 1.29. The first-order chi connectivity index (χ1) is 6.66. The van der Waals surface area contributed by atoms with Gasteiger partial charge in [0, 0.05) is 12.7 Å². The van der Waals surface area contributed by atoms with Gasteiger partial charge in [-0.3, -0.25) is 4.79 Å². The largest absolute Gasteiger partial charge is 0.372 e. The zero-order chi connectivity index (χ0) is 10.6. The third kappa shape index (κ3) is 2.30. The number of methoxy groups -OCH3 is 1. The molecule has 0 spiro atoms. The molecule has 0 aliphatic heterocycles. The van der Waals surface area contributed by atoms with Crippen molar-refractivity contribution in [2.45, 2.75) is 13.0 Å². The summed E-state index contributed by atoms with van der Waals surface area (Å²) < 4.78 is 5.24. The van der Waals surface area contributed by atoms with E-state index in [1.807, 2.05) is 30.3 Å². The highest BCUT2D eigenvalue weighted by Gasteiger charge is 2.16. The predicted molar refractivity (Wildman–Crippen MR) is 56.0 cm³/mol. The van der Waals surface area contributed by atoms with Gasteiger partial charge in [0.05, 0.1) is 0 Å². The van der Waals surface area contributed by atoms with Crippen molar-refractivity contribution in [1.29, 1.82) is 0 Å². The number of hydrogen-bond donors (Lipinski definition) is 0. The minimum Gasteiger partial charge on any atom is -0.372 e. The van der Waals surface area contributed by atoms with E-state index >= 15 is 0 Å². The van der Waals surface area contributed by atoms with Crippen LogP contribution in [0.25, 0.3) is 0 Å². The zero-order valence-corrected chi connectivity index (χ0v) is 8.49. The molecule has 1 rings (SSSR count). The summed E-state index contributed by atoms with van der Waals surface area (Å²) in [6, 6.07) is 9.58. The molecule has 0 N–H and O–H groups in total. The van der Waals surface area contributed by atoms with E-state index in [-0.39, 0.29) is 11.9 Å². The van der Waals surface area contributed by atoms with Crippen LogP contribution in [0.5, 0.6) is 0 Å². The molecule has 0 aromatic heterocycles. The average molecular weight is 190 g/mol. The highest BCUT2D eigenvalue weighted by atomic mass is 16.5. The van der Waals surface area contributed by atoms with Crippen LogP contribution >= 0.6 is 0 Å². The Morgan fingerprint density at radius 3 is 2.36 bits per heavy atom. The summed E-state index contributed by atoms with van der Waals surface area (Å²) in [4.78, 5) is 11.1. The van der Waals surface area contributed by atoms with E-state index in [0.29, 0.717) is 5.57 Å². The van der Waals surface area contributed by atoms with Gasteiger partial charge in [0.25, 0.3) is 0 Å². The predicted octanol–water partition coefficient (Wildman–Crippen LogP) is 2.52. The molecule has 0 heterocycles. The Kier molecular flexibility index (Phi) is 3.60. The van der Waals surface area contributed by atoms with Gasteiger partial charge in [0.2, 0.25) is 0 Å². The van der Waals surface area contributed by atoms with Crippen molar-refractivity contribution in [1.82, 2.24) is 0 Å². The molecular weight excluding hydrogens is 176 g/mol. The standard InChI is InChI=1S/C12H14O2/c1-9(10(2)13)12(14-3)11-7-5-4-6-8-11/h4-8,12H,1H2,2-3H3. The number of rotatable bonds is 4. The lowest BCUT2D eigenvalue weighted by Crippen LogP contribution is -2.09. The average Bonchev–Trinajstić information content (AvgIpc) is 2.20. The van der Waals surface area contributed by atoms with Gasteiger partial charge in [0.15, 0.2) is 5.78 Å². The normalized spacial score (nSPS) is 12.1. The second kappa shape index (κ2) is 4.72. The van der Waals surface area contributed by atoms with E-state index in [1.54, 1.807) is 7.11 Å². The van der Waals surface area contributed by atoms with Crippen molar-refractivity contribution < 1.29 is 9.53 Å². The molecule has 14 heavy (non-hydrogen) atoms. The number of hydrogen-bond acceptors (Lipinski definition) is 2. The van der Waals surface area contributed by atoms with Crippen molar-refractivity contribution in [3.63, 3.8) is 0 Å². The highest BCUT2D eigenvalue weighted by Crippen LogP contribution is 2.23. The first-order valence-electron chi connectivity index (χ1n) is 4.44. The van der Waals surface area contributed by atoms with Gasteiger partial charge in [-0.1, -0.05) is 36.9 Å². The highest BCUT2D eigenvalue weighted by molar-refractivity contribution is 5.93. The Labute approximate surface area is 84.2 Å². The molecule has 0 bridgehead atoms. The van der Waals surface area contributed by atoms with E-state index in [2.05, 4.69) is 6.58 Å². The molecular formula is C12H14O2. The van der Waals surface area contributed by atoms with Crippen LogP contribution in [0.3, 0.4) is 0 Å². The Morgan fingerprint density at radius 1 is 1.36 bits per heavy atom. The minimum absolute atomic E-state index is 0.0410. The van der Waals surface area contributed by atoms with Crippen LogP contribution in [-0.2, 0) is 9.53 Å². The summed E-state index contributed by atoms with van der Waals surface area (Å²) in [5.41, 5.74) is 1.44. The fraction of sp³-hybridized carbons (Fsp3) is 0.250. The van der Waals surface area contributed by atoms with E-state index in [1.165, 1.54) is 6.92 Å². The zero-order valence-electron chi connectivity index (χ0n) is 8.49. The molecule has 0 saturated heterocycles. The monoisotopic (exact) mass is 190 g/mol. The fourth-order valence-corrected chi connectivity index (χ4v) is 1.29. The Hall–Kier alpha value is -1.41. The maximum atomic E-state index is 11.1. The Bertz CT molecular complexity index is 327. The topological polar surface area (TPSA) is 26.3 Å². The first kappa shape index (κ1) is 10.7. The molecule has 0 aliphatic rings.